The van der Waals surface area contributed by atoms with E-state index in [0.29, 0.717) is 0 Å². The van der Waals surface area contributed by atoms with Gasteiger partial charge in [-0.25, -0.2) is 0 Å². The zero-order valence-electron chi connectivity index (χ0n) is 11.9. The number of hydrogen-bond acceptors (Lipinski definition) is 1. The first-order valence-corrected chi connectivity index (χ1v) is 6.09. The summed E-state index contributed by atoms with van der Waals surface area (Å²) in [5, 5.41) is 0. The molecule has 0 aliphatic rings. The Balaban J connectivity index is 3.19. The van der Waals surface area contributed by atoms with Gasteiger partial charge in [0.1, 0.15) is 11.4 Å². The predicted molar refractivity (Wildman–Crippen MR) is 75.6 cm³/mol. The Kier molecular flexibility index (Phi) is 3.71. The minimum atomic E-state index is -0.172. The maximum absolute atomic E-state index is 5.93. The molecule has 0 unspecified atom stereocenters. The molecule has 0 aliphatic carbocycles. The zero-order chi connectivity index (χ0) is 13.3. The third kappa shape index (κ3) is 4.26. The van der Waals surface area contributed by atoms with Crippen molar-refractivity contribution in [3.63, 3.8) is 0 Å². The lowest BCUT2D eigenvalue weighted by Gasteiger charge is -2.25. The summed E-state index contributed by atoms with van der Waals surface area (Å²) < 4.78 is 5.93. The highest BCUT2D eigenvalue weighted by atomic mass is 16.5. The topological polar surface area (TPSA) is 9.23 Å². The van der Waals surface area contributed by atoms with Crippen LogP contribution < -0.4 is 4.74 Å². The molecule has 17 heavy (non-hydrogen) atoms. The molecule has 0 N–H and O–H groups in total. The molecular weight excluding hydrogens is 208 g/mol. The molecule has 0 aliphatic heterocycles. The average Bonchev–Trinajstić information content (AvgIpc) is 2.13. The van der Waals surface area contributed by atoms with E-state index in [0.717, 1.165) is 11.3 Å². The van der Waals surface area contributed by atoms with Crippen LogP contribution in [0.5, 0.6) is 5.75 Å². The van der Waals surface area contributed by atoms with E-state index in [1.807, 2.05) is 12.1 Å². The first kappa shape index (κ1) is 13.8. The SMILES string of the molecule is C=Cc1cc(OC(C)(C)C)cc(C(C)(C)C)c1. The van der Waals surface area contributed by atoms with Gasteiger partial charge < -0.3 is 4.74 Å². The highest BCUT2D eigenvalue weighted by Gasteiger charge is 2.17. The molecule has 0 spiro atoms. The van der Waals surface area contributed by atoms with E-state index in [2.05, 4.69) is 60.3 Å². The fourth-order valence-electron chi connectivity index (χ4n) is 1.59. The normalized spacial score (nSPS) is 12.4. The van der Waals surface area contributed by atoms with Gasteiger partial charge in [0, 0.05) is 0 Å². The summed E-state index contributed by atoms with van der Waals surface area (Å²) >= 11 is 0. The van der Waals surface area contributed by atoms with Gasteiger partial charge in [-0.15, -0.1) is 0 Å². The highest BCUT2D eigenvalue weighted by molar-refractivity contribution is 5.53. The molecule has 1 aromatic rings. The van der Waals surface area contributed by atoms with Crippen LogP contribution in [0.25, 0.3) is 6.08 Å². The van der Waals surface area contributed by atoms with Crippen molar-refractivity contribution in [2.45, 2.75) is 52.6 Å². The first-order valence-electron chi connectivity index (χ1n) is 6.09. The Morgan fingerprint density at radius 2 is 1.59 bits per heavy atom. The number of benzene rings is 1. The Morgan fingerprint density at radius 1 is 1.00 bits per heavy atom. The van der Waals surface area contributed by atoms with Gasteiger partial charge in [-0.3, -0.25) is 0 Å². The van der Waals surface area contributed by atoms with E-state index >= 15 is 0 Å². The largest absolute Gasteiger partial charge is 0.488 e. The molecule has 0 amide bonds. The summed E-state index contributed by atoms with van der Waals surface area (Å²) in [6, 6.07) is 6.33. The lowest BCUT2D eigenvalue weighted by atomic mass is 9.86. The van der Waals surface area contributed by atoms with Crippen molar-refractivity contribution < 1.29 is 4.74 Å². The van der Waals surface area contributed by atoms with Gasteiger partial charge in [0.2, 0.25) is 0 Å². The fraction of sp³-hybridized carbons (Fsp3) is 0.500. The van der Waals surface area contributed by atoms with Crippen molar-refractivity contribution in [2.24, 2.45) is 0 Å². The van der Waals surface area contributed by atoms with E-state index in [-0.39, 0.29) is 11.0 Å². The summed E-state index contributed by atoms with van der Waals surface area (Å²) in [6.45, 7) is 16.6. The molecule has 94 valence electrons. The van der Waals surface area contributed by atoms with Gasteiger partial charge in [0.05, 0.1) is 0 Å². The third-order valence-electron chi connectivity index (χ3n) is 2.45. The second kappa shape index (κ2) is 4.56. The van der Waals surface area contributed by atoms with Crippen molar-refractivity contribution in [1.82, 2.24) is 0 Å². The Morgan fingerprint density at radius 3 is 2.00 bits per heavy atom. The van der Waals surface area contributed by atoms with E-state index in [1.54, 1.807) is 0 Å². The second-order valence-corrected chi connectivity index (χ2v) is 6.46. The summed E-state index contributed by atoms with van der Waals surface area (Å²) in [7, 11) is 0. The molecule has 0 heterocycles. The van der Waals surface area contributed by atoms with Crippen molar-refractivity contribution >= 4 is 6.08 Å². The molecule has 1 rings (SSSR count). The minimum Gasteiger partial charge on any atom is -0.488 e. The summed E-state index contributed by atoms with van der Waals surface area (Å²) in [4.78, 5) is 0. The molecule has 0 saturated heterocycles. The van der Waals surface area contributed by atoms with Gasteiger partial charge >= 0.3 is 0 Å². The third-order valence-corrected chi connectivity index (χ3v) is 2.45. The van der Waals surface area contributed by atoms with Crippen molar-refractivity contribution in [3.05, 3.63) is 35.9 Å². The molecular formula is C16H24O. The van der Waals surface area contributed by atoms with Gasteiger partial charge in [-0.1, -0.05) is 39.5 Å². The molecule has 0 atom stereocenters. The van der Waals surface area contributed by atoms with Gasteiger partial charge in [-0.2, -0.15) is 0 Å². The smallest absolute Gasteiger partial charge is 0.120 e. The average molecular weight is 232 g/mol. The summed E-state index contributed by atoms with van der Waals surface area (Å²) in [5.74, 6) is 0.917. The van der Waals surface area contributed by atoms with Crippen LogP contribution in [0, 0.1) is 0 Å². The Bertz CT molecular complexity index is 403. The van der Waals surface area contributed by atoms with E-state index in [9.17, 15) is 0 Å². The molecule has 1 aromatic carbocycles. The van der Waals surface area contributed by atoms with Crippen LogP contribution in [0.1, 0.15) is 52.7 Å². The maximum Gasteiger partial charge on any atom is 0.120 e. The molecule has 0 radical (unpaired) electrons. The number of rotatable bonds is 2. The molecule has 1 heteroatoms. The highest BCUT2D eigenvalue weighted by Crippen LogP contribution is 2.29. The molecule has 0 bridgehead atoms. The van der Waals surface area contributed by atoms with E-state index in [4.69, 9.17) is 4.74 Å². The van der Waals surface area contributed by atoms with E-state index in [1.165, 1.54) is 5.56 Å². The van der Waals surface area contributed by atoms with Crippen molar-refractivity contribution in [3.8, 4) is 5.75 Å². The quantitative estimate of drug-likeness (QED) is 0.711. The van der Waals surface area contributed by atoms with Crippen LogP contribution in [0.2, 0.25) is 0 Å². The Hall–Kier alpha value is -1.24. The van der Waals surface area contributed by atoms with E-state index < -0.39 is 0 Å². The summed E-state index contributed by atoms with van der Waals surface area (Å²) in [5.41, 5.74) is 2.33. The summed E-state index contributed by atoms with van der Waals surface area (Å²) in [6.07, 6.45) is 1.87. The maximum atomic E-state index is 5.93. The minimum absolute atomic E-state index is 0.120. The molecule has 0 saturated carbocycles. The van der Waals surface area contributed by atoms with Crippen LogP contribution in [-0.2, 0) is 5.41 Å². The molecule has 0 fully saturated rings. The van der Waals surface area contributed by atoms with Crippen LogP contribution in [0.4, 0.5) is 0 Å². The monoisotopic (exact) mass is 232 g/mol. The van der Waals surface area contributed by atoms with Crippen molar-refractivity contribution in [2.75, 3.05) is 0 Å². The van der Waals surface area contributed by atoms with Crippen LogP contribution in [0.3, 0.4) is 0 Å². The lowest BCUT2D eigenvalue weighted by Crippen LogP contribution is -2.23. The van der Waals surface area contributed by atoms with Gasteiger partial charge in [-0.05, 0) is 49.4 Å². The van der Waals surface area contributed by atoms with Crippen LogP contribution in [0.15, 0.2) is 24.8 Å². The lowest BCUT2D eigenvalue weighted by molar-refractivity contribution is 0.130. The number of hydrogen-bond donors (Lipinski definition) is 0. The molecule has 1 nitrogen and oxygen atoms in total. The second-order valence-electron chi connectivity index (χ2n) is 6.46. The van der Waals surface area contributed by atoms with Gasteiger partial charge in [0.25, 0.3) is 0 Å². The van der Waals surface area contributed by atoms with Crippen LogP contribution >= 0.6 is 0 Å². The molecule has 0 aromatic heterocycles. The predicted octanol–water partition coefficient (Wildman–Crippen LogP) is 4.80. The fourth-order valence-corrected chi connectivity index (χ4v) is 1.59. The van der Waals surface area contributed by atoms with Crippen LogP contribution in [-0.4, -0.2) is 5.60 Å². The van der Waals surface area contributed by atoms with Gasteiger partial charge in [0.15, 0.2) is 0 Å². The first-order chi connectivity index (χ1) is 7.62. The standard InChI is InChI=1S/C16H24O/c1-8-12-9-13(15(2,3)4)11-14(10-12)17-16(5,6)7/h8-11H,1H2,2-7H3. The number of ether oxygens (including phenoxy) is 1. The van der Waals surface area contributed by atoms with Crippen molar-refractivity contribution in [1.29, 1.82) is 0 Å². The zero-order valence-corrected chi connectivity index (χ0v) is 11.9. The Labute approximate surface area is 106 Å².